The molecule has 3 rings (SSSR count). The van der Waals surface area contributed by atoms with Crippen molar-refractivity contribution < 1.29 is 0 Å². The summed E-state index contributed by atoms with van der Waals surface area (Å²) in [5.74, 6) is 1.02. The molecule has 2 heteroatoms. The van der Waals surface area contributed by atoms with Crippen molar-refractivity contribution in [2.24, 2.45) is 5.92 Å². The fourth-order valence-electron chi connectivity index (χ4n) is 4.63. The molecule has 4 atom stereocenters. The van der Waals surface area contributed by atoms with Crippen molar-refractivity contribution in [3.05, 3.63) is 0 Å². The Labute approximate surface area is 113 Å². The normalized spacial score (nSPS) is 42.5. The average molecular weight is 250 g/mol. The molecule has 0 radical (unpaired) electrons. The average Bonchev–Trinajstić information content (AvgIpc) is 3.10. The van der Waals surface area contributed by atoms with Gasteiger partial charge in [0.05, 0.1) is 0 Å². The third kappa shape index (κ3) is 2.60. The second-order valence-corrected chi connectivity index (χ2v) is 6.74. The van der Waals surface area contributed by atoms with Crippen LogP contribution in [0.25, 0.3) is 0 Å². The minimum Gasteiger partial charge on any atom is -0.312 e. The van der Waals surface area contributed by atoms with Crippen molar-refractivity contribution in [2.45, 2.75) is 82.8 Å². The maximum absolute atomic E-state index is 3.76. The third-order valence-corrected chi connectivity index (χ3v) is 5.71. The molecule has 0 aromatic rings. The van der Waals surface area contributed by atoms with E-state index in [1.807, 2.05) is 0 Å². The number of hydrogen-bond acceptors (Lipinski definition) is 2. The maximum Gasteiger partial charge on any atom is 0.0252 e. The lowest BCUT2D eigenvalue weighted by atomic mass is 9.92. The quantitative estimate of drug-likeness (QED) is 0.827. The number of likely N-dealkylation sites (tertiary alicyclic amines) is 1. The zero-order valence-corrected chi connectivity index (χ0v) is 12.0. The second kappa shape index (κ2) is 5.92. The van der Waals surface area contributed by atoms with Gasteiger partial charge in [-0.05, 0) is 64.0 Å². The molecule has 2 aliphatic heterocycles. The molecule has 0 aromatic heterocycles. The highest BCUT2D eigenvalue weighted by atomic mass is 15.2. The number of piperidine rings is 1. The van der Waals surface area contributed by atoms with Gasteiger partial charge in [0.2, 0.25) is 0 Å². The largest absolute Gasteiger partial charge is 0.312 e. The monoisotopic (exact) mass is 250 g/mol. The molecule has 4 unspecified atom stereocenters. The van der Waals surface area contributed by atoms with E-state index in [0.717, 1.165) is 24.0 Å². The predicted octanol–water partition coefficient (Wildman–Crippen LogP) is 3.17. The zero-order valence-electron chi connectivity index (χ0n) is 12.0. The molecule has 1 N–H and O–H groups in total. The van der Waals surface area contributed by atoms with Crippen LogP contribution in [0.15, 0.2) is 0 Å². The lowest BCUT2D eigenvalue weighted by Crippen LogP contribution is -2.53. The van der Waals surface area contributed by atoms with Gasteiger partial charge in [0, 0.05) is 18.1 Å². The highest BCUT2D eigenvalue weighted by Crippen LogP contribution is 2.36. The molecule has 1 aliphatic carbocycles. The molecule has 0 spiro atoms. The van der Waals surface area contributed by atoms with E-state index in [9.17, 15) is 0 Å². The molecule has 3 fully saturated rings. The van der Waals surface area contributed by atoms with Gasteiger partial charge in [-0.3, -0.25) is 4.90 Å². The van der Waals surface area contributed by atoms with Crippen molar-refractivity contribution >= 4 is 0 Å². The minimum absolute atomic E-state index is 0.811. The molecule has 2 nitrogen and oxygen atoms in total. The van der Waals surface area contributed by atoms with E-state index in [1.54, 1.807) is 0 Å². The second-order valence-electron chi connectivity index (χ2n) is 6.74. The van der Waals surface area contributed by atoms with Gasteiger partial charge < -0.3 is 5.32 Å². The maximum atomic E-state index is 3.76. The van der Waals surface area contributed by atoms with E-state index in [1.165, 1.54) is 70.9 Å². The number of nitrogens with zero attached hydrogens (tertiary/aromatic N) is 1. The van der Waals surface area contributed by atoms with Crippen molar-refractivity contribution in [1.82, 2.24) is 10.2 Å². The van der Waals surface area contributed by atoms with Crippen LogP contribution >= 0.6 is 0 Å². The van der Waals surface area contributed by atoms with Crippen molar-refractivity contribution in [1.29, 1.82) is 0 Å². The Morgan fingerprint density at radius 2 is 2.00 bits per heavy atom. The standard InChI is InChI=1S/C16H30N2/c1-2-13-8-9-14(12-13)18-11-4-3-7-16(18)15-6-5-10-17-15/h13-17H,2-12H2,1H3. The highest BCUT2D eigenvalue weighted by Gasteiger charge is 2.37. The summed E-state index contributed by atoms with van der Waals surface area (Å²) in [4.78, 5) is 2.92. The summed E-state index contributed by atoms with van der Waals surface area (Å²) in [6, 6.07) is 2.59. The van der Waals surface area contributed by atoms with E-state index >= 15 is 0 Å². The fourth-order valence-corrected chi connectivity index (χ4v) is 4.63. The number of nitrogens with one attached hydrogen (secondary N) is 1. The first-order chi connectivity index (χ1) is 8.88. The third-order valence-electron chi connectivity index (χ3n) is 5.71. The first kappa shape index (κ1) is 12.9. The molecular weight excluding hydrogens is 220 g/mol. The summed E-state index contributed by atoms with van der Waals surface area (Å²) in [5, 5.41) is 3.76. The van der Waals surface area contributed by atoms with Gasteiger partial charge in [-0.25, -0.2) is 0 Å². The highest BCUT2D eigenvalue weighted by molar-refractivity contribution is 4.95. The fraction of sp³-hybridized carbons (Fsp3) is 1.00. The Bertz CT molecular complexity index is 260. The predicted molar refractivity (Wildman–Crippen MR) is 76.8 cm³/mol. The Morgan fingerprint density at radius 3 is 2.72 bits per heavy atom. The summed E-state index contributed by atoms with van der Waals surface area (Å²) in [6.07, 6.45) is 13.0. The Kier molecular flexibility index (Phi) is 4.25. The lowest BCUT2D eigenvalue weighted by molar-refractivity contribution is 0.0734. The van der Waals surface area contributed by atoms with Crippen LogP contribution in [-0.4, -0.2) is 36.1 Å². The molecule has 3 aliphatic rings. The van der Waals surface area contributed by atoms with E-state index in [2.05, 4.69) is 17.1 Å². The lowest BCUT2D eigenvalue weighted by Gasteiger charge is -2.43. The van der Waals surface area contributed by atoms with Crippen LogP contribution in [0.1, 0.15) is 64.7 Å². The van der Waals surface area contributed by atoms with Crippen molar-refractivity contribution in [3.63, 3.8) is 0 Å². The summed E-state index contributed by atoms with van der Waals surface area (Å²) in [5.41, 5.74) is 0. The molecule has 1 saturated carbocycles. The zero-order chi connectivity index (χ0) is 12.4. The summed E-state index contributed by atoms with van der Waals surface area (Å²) >= 11 is 0. The number of rotatable bonds is 3. The molecule has 2 saturated heterocycles. The van der Waals surface area contributed by atoms with Crippen molar-refractivity contribution in [2.75, 3.05) is 13.1 Å². The van der Waals surface area contributed by atoms with Gasteiger partial charge in [0.25, 0.3) is 0 Å². The minimum atomic E-state index is 0.811. The van der Waals surface area contributed by atoms with Crippen LogP contribution in [0, 0.1) is 5.92 Å². The van der Waals surface area contributed by atoms with Gasteiger partial charge in [-0.15, -0.1) is 0 Å². The summed E-state index contributed by atoms with van der Waals surface area (Å²) in [6.45, 7) is 5.01. The Morgan fingerprint density at radius 1 is 1.06 bits per heavy atom. The van der Waals surface area contributed by atoms with E-state index in [-0.39, 0.29) is 0 Å². The van der Waals surface area contributed by atoms with Gasteiger partial charge in [0.1, 0.15) is 0 Å². The SMILES string of the molecule is CCC1CCC(N2CCCCC2C2CCCN2)C1. The Hall–Kier alpha value is -0.0800. The van der Waals surface area contributed by atoms with Gasteiger partial charge in [0.15, 0.2) is 0 Å². The molecule has 2 heterocycles. The molecule has 0 aromatic carbocycles. The van der Waals surface area contributed by atoms with Crippen LogP contribution in [0.4, 0.5) is 0 Å². The van der Waals surface area contributed by atoms with Crippen LogP contribution < -0.4 is 5.32 Å². The van der Waals surface area contributed by atoms with Gasteiger partial charge in [-0.1, -0.05) is 19.8 Å². The van der Waals surface area contributed by atoms with Crippen LogP contribution in [0.3, 0.4) is 0 Å². The topological polar surface area (TPSA) is 15.3 Å². The van der Waals surface area contributed by atoms with E-state index in [0.29, 0.717) is 0 Å². The molecule has 0 amide bonds. The van der Waals surface area contributed by atoms with Crippen LogP contribution in [0.2, 0.25) is 0 Å². The number of hydrogen-bond donors (Lipinski definition) is 1. The van der Waals surface area contributed by atoms with E-state index < -0.39 is 0 Å². The smallest absolute Gasteiger partial charge is 0.0252 e. The molecule has 0 bridgehead atoms. The van der Waals surface area contributed by atoms with Crippen LogP contribution in [-0.2, 0) is 0 Å². The van der Waals surface area contributed by atoms with Gasteiger partial charge >= 0.3 is 0 Å². The molecule has 104 valence electrons. The molecular formula is C16H30N2. The van der Waals surface area contributed by atoms with E-state index in [4.69, 9.17) is 0 Å². The Balaban J connectivity index is 1.64. The molecule has 18 heavy (non-hydrogen) atoms. The van der Waals surface area contributed by atoms with Crippen LogP contribution in [0.5, 0.6) is 0 Å². The first-order valence-corrected chi connectivity index (χ1v) is 8.37. The van der Waals surface area contributed by atoms with Crippen molar-refractivity contribution in [3.8, 4) is 0 Å². The summed E-state index contributed by atoms with van der Waals surface area (Å²) < 4.78 is 0. The first-order valence-electron chi connectivity index (χ1n) is 8.37. The summed E-state index contributed by atoms with van der Waals surface area (Å²) in [7, 11) is 0. The van der Waals surface area contributed by atoms with Gasteiger partial charge in [-0.2, -0.15) is 0 Å².